The van der Waals surface area contributed by atoms with Crippen LogP contribution in [-0.2, 0) is 12.8 Å². The van der Waals surface area contributed by atoms with Crippen LogP contribution in [0.4, 0.5) is 0 Å². The topological polar surface area (TPSA) is 12.9 Å². The van der Waals surface area contributed by atoms with Gasteiger partial charge < -0.3 is 0 Å². The number of hydrogen-bond donors (Lipinski definition) is 0. The van der Waals surface area contributed by atoms with Crippen molar-refractivity contribution >= 4 is 32.3 Å². The first kappa shape index (κ1) is 16.0. The second kappa shape index (κ2) is 6.51. The maximum atomic E-state index is 4.40. The summed E-state index contributed by atoms with van der Waals surface area (Å²) in [6.45, 7) is 0. The maximum Gasteiger partial charge on any atom is 0.109 e. The Balaban J connectivity index is 1.70. The zero-order valence-electron chi connectivity index (χ0n) is 14.6. The zero-order chi connectivity index (χ0) is 17.5. The van der Waals surface area contributed by atoms with E-state index in [4.69, 9.17) is 0 Å². The summed E-state index contributed by atoms with van der Waals surface area (Å²) >= 11 is 3.61. The van der Waals surface area contributed by atoms with Crippen molar-refractivity contribution in [3.8, 4) is 0 Å². The molecule has 0 saturated heterocycles. The fourth-order valence-electron chi connectivity index (χ4n) is 4.48. The van der Waals surface area contributed by atoms with E-state index in [0.29, 0.717) is 0 Å². The third kappa shape index (κ3) is 2.64. The number of halogens is 1. The van der Waals surface area contributed by atoms with Crippen LogP contribution in [0.3, 0.4) is 0 Å². The molecule has 26 heavy (non-hydrogen) atoms. The number of fused-ring (bicyclic) bond motifs is 4. The molecule has 2 aliphatic carbocycles. The van der Waals surface area contributed by atoms with Gasteiger partial charge in [0.1, 0.15) is 4.60 Å². The van der Waals surface area contributed by atoms with Gasteiger partial charge in [0.15, 0.2) is 0 Å². The van der Waals surface area contributed by atoms with Crippen LogP contribution in [0.25, 0.3) is 16.3 Å². The van der Waals surface area contributed by atoms with Crippen LogP contribution >= 0.6 is 15.9 Å². The molecule has 1 heterocycles. The smallest absolute Gasteiger partial charge is 0.109 e. The van der Waals surface area contributed by atoms with Gasteiger partial charge in [-0.3, -0.25) is 0 Å². The Morgan fingerprint density at radius 1 is 0.923 bits per heavy atom. The molecule has 0 amide bonds. The molecule has 0 unspecified atom stereocenters. The number of aryl methyl sites for hydroxylation is 1. The fraction of sp³-hybridized carbons (Fsp3) is 0.208. The van der Waals surface area contributed by atoms with Gasteiger partial charge in [-0.25, -0.2) is 4.98 Å². The lowest BCUT2D eigenvalue weighted by molar-refractivity contribution is 0.830. The number of hydrogen-bond acceptors (Lipinski definition) is 1. The van der Waals surface area contributed by atoms with Crippen LogP contribution in [0.1, 0.15) is 41.5 Å². The zero-order valence-corrected chi connectivity index (χ0v) is 16.2. The molecule has 1 aromatic heterocycles. The van der Waals surface area contributed by atoms with Gasteiger partial charge in [-0.05, 0) is 86.3 Å². The minimum absolute atomic E-state index is 0.907. The Morgan fingerprint density at radius 3 is 2.77 bits per heavy atom. The van der Waals surface area contributed by atoms with Crippen molar-refractivity contribution in [3.63, 3.8) is 0 Å². The summed E-state index contributed by atoms with van der Waals surface area (Å²) < 4.78 is 0.946. The molecule has 2 heteroatoms. The molecule has 0 bridgehead atoms. The van der Waals surface area contributed by atoms with Gasteiger partial charge in [0, 0.05) is 12.6 Å². The molecule has 0 radical (unpaired) electrons. The van der Waals surface area contributed by atoms with Crippen LogP contribution in [0.15, 0.2) is 71.0 Å². The van der Waals surface area contributed by atoms with Gasteiger partial charge in [-0.15, -0.1) is 0 Å². The Bertz CT molecular complexity index is 1070. The highest BCUT2D eigenvalue weighted by atomic mass is 79.9. The highest BCUT2D eigenvalue weighted by molar-refractivity contribution is 9.10. The summed E-state index contributed by atoms with van der Waals surface area (Å²) in [5.74, 6) is 0. The van der Waals surface area contributed by atoms with Gasteiger partial charge in [0.25, 0.3) is 0 Å². The highest BCUT2D eigenvalue weighted by Gasteiger charge is 2.21. The Hall–Kier alpha value is -2.19. The van der Waals surface area contributed by atoms with Crippen molar-refractivity contribution in [3.05, 3.63) is 93.2 Å². The molecule has 0 aliphatic heterocycles. The molecule has 5 rings (SSSR count). The van der Waals surface area contributed by atoms with E-state index in [2.05, 4.69) is 69.5 Å². The monoisotopic (exact) mass is 401 g/mol. The summed E-state index contributed by atoms with van der Waals surface area (Å²) in [5.41, 5.74) is 8.75. The summed E-state index contributed by atoms with van der Waals surface area (Å²) in [6.07, 6.45) is 12.2. The predicted octanol–water partition coefficient (Wildman–Crippen LogP) is 6.64. The lowest BCUT2D eigenvalue weighted by atomic mass is 9.78. The van der Waals surface area contributed by atoms with Crippen LogP contribution in [-0.4, -0.2) is 4.98 Å². The van der Waals surface area contributed by atoms with Crippen LogP contribution in [0.5, 0.6) is 0 Å². The molecule has 0 spiro atoms. The average Bonchev–Trinajstić information content (AvgIpc) is 2.69. The second-order valence-corrected chi connectivity index (χ2v) is 7.95. The second-order valence-electron chi connectivity index (χ2n) is 7.20. The number of rotatable bonds is 2. The molecule has 3 aromatic rings. The Kier molecular flexibility index (Phi) is 4.01. The quantitative estimate of drug-likeness (QED) is 0.438. The Labute approximate surface area is 162 Å². The summed E-state index contributed by atoms with van der Waals surface area (Å²) in [7, 11) is 0. The van der Waals surface area contributed by atoms with Crippen molar-refractivity contribution < 1.29 is 0 Å². The first-order valence-corrected chi connectivity index (χ1v) is 10.1. The molecule has 128 valence electrons. The van der Waals surface area contributed by atoms with Crippen molar-refractivity contribution in [1.82, 2.24) is 4.98 Å². The van der Waals surface area contributed by atoms with E-state index in [0.717, 1.165) is 17.4 Å². The van der Waals surface area contributed by atoms with Gasteiger partial charge >= 0.3 is 0 Å². The van der Waals surface area contributed by atoms with Crippen LogP contribution in [0, 0.1) is 0 Å². The SMILES string of the molecule is Brc1ncccc1Cc1cccc2ccc3c(c12)CCC1=C3C=CCC1. The van der Waals surface area contributed by atoms with Crippen molar-refractivity contribution in [2.24, 2.45) is 0 Å². The van der Waals surface area contributed by atoms with E-state index >= 15 is 0 Å². The van der Waals surface area contributed by atoms with Gasteiger partial charge in [-0.2, -0.15) is 0 Å². The largest absolute Gasteiger partial charge is 0.249 e. The van der Waals surface area contributed by atoms with Crippen molar-refractivity contribution in [1.29, 1.82) is 0 Å². The molecule has 1 nitrogen and oxygen atoms in total. The predicted molar refractivity (Wildman–Crippen MR) is 112 cm³/mol. The van der Waals surface area contributed by atoms with E-state index in [9.17, 15) is 0 Å². The minimum atomic E-state index is 0.907. The first-order valence-electron chi connectivity index (χ1n) is 9.33. The molecule has 2 aromatic carbocycles. The third-order valence-electron chi connectivity index (χ3n) is 5.70. The number of pyridine rings is 1. The summed E-state index contributed by atoms with van der Waals surface area (Å²) in [5, 5.41) is 2.80. The van der Waals surface area contributed by atoms with E-state index in [1.165, 1.54) is 57.9 Å². The molecule has 0 fully saturated rings. The van der Waals surface area contributed by atoms with E-state index in [1.54, 1.807) is 5.57 Å². The lowest BCUT2D eigenvalue weighted by Gasteiger charge is -2.26. The van der Waals surface area contributed by atoms with Crippen molar-refractivity contribution in [2.45, 2.75) is 32.1 Å². The van der Waals surface area contributed by atoms with Gasteiger partial charge in [-0.1, -0.05) is 54.1 Å². The minimum Gasteiger partial charge on any atom is -0.249 e. The average molecular weight is 402 g/mol. The van der Waals surface area contributed by atoms with Gasteiger partial charge in [0.05, 0.1) is 0 Å². The molecule has 2 aliphatic rings. The molecular weight excluding hydrogens is 382 g/mol. The summed E-state index contributed by atoms with van der Waals surface area (Å²) in [4.78, 5) is 4.40. The van der Waals surface area contributed by atoms with Gasteiger partial charge in [0.2, 0.25) is 0 Å². The van der Waals surface area contributed by atoms with Crippen LogP contribution in [0.2, 0.25) is 0 Å². The van der Waals surface area contributed by atoms with E-state index in [1.807, 2.05) is 12.3 Å². The number of allylic oxidation sites excluding steroid dienone is 4. The molecular formula is C24H20BrN. The van der Waals surface area contributed by atoms with E-state index in [-0.39, 0.29) is 0 Å². The first-order chi connectivity index (χ1) is 12.8. The lowest BCUT2D eigenvalue weighted by Crippen LogP contribution is -2.08. The summed E-state index contributed by atoms with van der Waals surface area (Å²) in [6, 6.07) is 15.5. The maximum absolute atomic E-state index is 4.40. The Morgan fingerprint density at radius 2 is 1.85 bits per heavy atom. The van der Waals surface area contributed by atoms with E-state index < -0.39 is 0 Å². The van der Waals surface area contributed by atoms with Crippen LogP contribution < -0.4 is 0 Å². The fourth-order valence-corrected chi connectivity index (χ4v) is 4.87. The molecule has 0 N–H and O–H groups in total. The number of aromatic nitrogens is 1. The molecule has 0 saturated carbocycles. The van der Waals surface area contributed by atoms with Crippen molar-refractivity contribution in [2.75, 3.05) is 0 Å². The highest BCUT2D eigenvalue weighted by Crippen LogP contribution is 2.41. The number of benzene rings is 2. The normalized spacial score (nSPS) is 15.9. The standard InChI is InChI=1S/C24H20BrN/c25-24-19(8-4-14-26-24)15-18-7-3-6-17-11-12-21-20-9-2-1-5-16(20)10-13-22(21)23(17)18/h2-4,6-9,11-12,14H,1,5,10,13,15H2. The number of nitrogens with zero attached hydrogens (tertiary/aromatic N) is 1. The third-order valence-corrected chi connectivity index (χ3v) is 6.42. The molecule has 0 atom stereocenters.